The summed E-state index contributed by atoms with van der Waals surface area (Å²) in [5.74, 6) is -1.43. The topological polar surface area (TPSA) is 69.6 Å². The molecular weight excluding hydrogens is 373 g/mol. The zero-order valence-electron chi connectivity index (χ0n) is 13.5. The molecule has 0 fully saturated rings. The molecule has 0 heterocycles. The first-order chi connectivity index (χ1) is 12.4. The highest BCUT2D eigenvalue weighted by Gasteiger charge is 2.09. The van der Waals surface area contributed by atoms with E-state index in [9.17, 15) is 9.90 Å². The number of carboxylic acid groups (broad SMARTS) is 1. The lowest BCUT2D eigenvalue weighted by Gasteiger charge is -2.09. The van der Waals surface area contributed by atoms with Crippen molar-refractivity contribution >= 4 is 34.9 Å². The number of benzene rings is 3. The van der Waals surface area contributed by atoms with Gasteiger partial charge in [0, 0.05) is 18.3 Å². The van der Waals surface area contributed by atoms with E-state index >= 15 is 0 Å². The van der Waals surface area contributed by atoms with Crippen LogP contribution in [-0.2, 0) is 6.54 Å². The summed E-state index contributed by atoms with van der Waals surface area (Å²) in [6.45, 7) is 0.535. The van der Waals surface area contributed by atoms with Gasteiger partial charge in [-0.2, -0.15) is 0 Å². The van der Waals surface area contributed by atoms with E-state index in [-0.39, 0.29) is 11.3 Å². The predicted molar refractivity (Wildman–Crippen MR) is 104 cm³/mol. The summed E-state index contributed by atoms with van der Waals surface area (Å²) in [6.07, 6.45) is 0. The number of anilines is 1. The van der Waals surface area contributed by atoms with Crippen LogP contribution in [0.5, 0.6) is 5.75 Å². The van der Waals surface area contributed by atoms with Gasteiger partial charge in [-0.1, -0.05) is 53.5 Å². The number of nitrogens with one attached hydrogen (secondary N) is 1. The molecule has 0 saturated carbocycles. The number of rotatable bonds is 5. The standard InChI is InChI=1S/C20H15Cl2NO3/c21-17-8-5-14(9-18(17)22)13-3-1-12(2-4-13)11-23-15-6-7-16(20(25)26)19(24)10-15/h1-10,23-24H,11H2,(H,25,26). The van der Waals surface area contributed by atoms with Crippen molar-refractivity contribution in [2.75, 3.05) is 5.32 Å². The molecule has 3 N–H and O–H groups in total. The van der Waals surface area contributed by atoms with E-state index in [2.05, 4.69) is 5.32 Å². The fraction of sp³-hybridized carbons (Fsp3) is 0.0500. The highest BCUT2D eigenvalue weighted by molar-refractivity contribution is 6.42. The van der Waals surface area contributed by atoms with Gasteiger partial charge >= 0.3 is 5.97 Å². The van der Waals surface area contributed by atoms with Crippen molar-refractivity contribution in [1.82, 2.24) is 0 Å². The molecule has 4 nitrogen and oxygen atoms in total. The van der Waals surface area contributed by atoms with Crippen molar-refractivity contribution in [3.05, 3.63) is 81.8 Å². The smallest absolute Gasteiger partial charge is 0.339 e. The summed E-state index contributed by atoms with van der Waals surface area (Å²) in [7, 11) is 0. The first kappa shape index (κ1) is 18.1. The molecule has 0 bridgehead atoms. The van der Waals surface area contributed by atoms with Crippen LogP contribution in [0.2, 0.25) is 10.0 Å². The Morgan fingerprint density at radius 2 is 1.58 bits per heavy atom. The monoisotopic (exact) mass is 387 g/mol. The Morgan fingerprint density at radius 3 is 2.19 bits per heavy atom. The molecule has 26 heavy (non-hydrogen) atoms. The lowest BCUT2D eigenvalue weighted by atomic mass is 10.0. The molecule has 132 valence electrons. The Morgan fingerprint density at radius 1 is 0.885 bits per heavy atom. The van der Waals surface area contributed by atoms with Crippen LogP contribution >= 0.6 is 23.2 Å². The minimum atomic E-state index is -1.16. The van der Waals surface area contributed by atoms with Crippen molar-refractivity contribution in [3.8, 4) is 16.9 Å². The molecule has 0 spiro atoms. The third kappa shape index (κ3) is 4.10. The normalized spacial score (nSPS) is 10.5. The van der Waals surface area contributed by atoms with Gasteiger partial charge < -0.3 is 15.5 Å². The molecule has 0 atom stereocenters. The summed E-state index contributed by atoms with van der Waals surface area (Å²) >= 11 is 12.0. The van der Waals surface area contributed by atoms with E-state index in [0.717, 1.165) is 16.7 Å². The molecule has 0 aliphatic carbocycles. The van der Waals surface area contributed by atoms with Crippen LogP contribution in [0.1, 0.15) is 15.9 Å². The van der Waals surface area contributed by atoms with E-state index in [1.165, 1.54) is 12.1 Å². The quantitative estimate of drug-likeness (QED) is 0.526. The summed E-state index contributed by atoms with van der Waals surface area (Å²) in [4.78, 5) is 10.9. The van der Waals surface area contributed by atoms with Gasteiger partial charge in [-0.25, -0.2) is 4.79 Å². The van der Waals surface area contributed by atoms with E-state index in [1.807, 2.05) is 36.4 Å². The molecular formula is C20H15Cl2NO3. The Kier molecular flexibility index (Phi) is 5.35. The van der Waals surface area contributed by atoms with Crippen LogP contribution in [0.25, 0.3) is 11.1 Å². The number of aromatic hydroxyl groups is 1. The predicted octanol–water partition coefficient (Wildman–Crippen LogP) is 5.68. The Balaban J connectivity index is 1.69. The molecule has 0 radical (unpaired) electrons. The third-order valence-electron chi connectivity index (χ3n) is 3.93. The lowest BCUT2D eigenvalue weighted by Crippen LogP contribution is -2.01. The number of aromatic carboxylic acids is 1. The zero-order valence-corrected chi connectivity index (χ0v) is 15.1. The number of hydrogen-bond donors (Lipinski definition) is 3. The van der Waals surface area contributed by atoms with Crippen LogP contribution in [0.3, 0.4) is 0 Å². The molecule has 3 aromatic rings. The maximum absolute atomic E-state index is 10.9. The van der Waals surface area contributed by atoms with Crippen molar-refractivity contribution in [1.29, 1.82) is 0 Å². The lowest BCUT2D eigenvalue weighted by molar-refractivity contribution is 0.0694. The second-order valence-electron chi connectivity index (χ2n) is 5.72. The third-order valence-corrected chi connectivity index (χ3v) is 4.67. The van der Waals surface area contributed by atoms with Gasteiger partial charge in [0.1, 0.15) is 11.3 Å². The van der Waals surface area contributed by atoms with Crippen LogP contribution in [0.15, 0.2) is 60.7 Å². The summed E-state index contributed by atoms with van der Waals surface area (Å²) in [5, 5.41) is 22.8. The number of phenols is 1. The minimum absolute atomic E-state index is 0.124. The number of carboxylic acids is 1. The second kappa shape index (κ2) is 7.68. The largest absolute Gasteiger partial charge is 0.507 e. The van der Waals surface area contributed by atoms with Crippen LogP contribution in [-0.4, -0.2) is 16.2 Å². The van der Waals surface area contributed by atoms with E-state index in [1.54, 1.807) is 12.1 Å². The van der Waals surface area contributed by atoms with E-state index < -0.39 is 5.97 Å². The van der Waals surface area contributed by atoms with Gasteiger partial charge in [0.25, 0.3) is 0 Å². The number of carbonyl (C=O) groups is 1. The number of hydrogen-bond acceptors (Lipinski definition) is 3. The van der Waals surface area contributed by atoms with Crippen LogP contribution in [0, 0.1) is 0 Å². The minimum Gasteiger partial charge on any atom is -0.507 e. The fourth-order valence-corrected chi connectivity index (χ4v) is 2.82. The van der Waals surface area contributed by atoms with Crippen LogP contribution < -0.4 is 5.32 Å². The maximum atomic E-state index is 10.9. The average molecular weight is 388 g/mol. The molecule has 0 aliphatic rings. The first-order valence-corrected chi connectivity index (χ1v) is 8.54. The highest BCUT2D eigenvalue weighted by Crippen LogP contribution is 2.29. The summed E-state index contributed by atoms with van der Waals surface area (Å²) in [6, 6.07) is 17.8. The number of halogens is 2. The van der Waals surface area contributed by atoms with Crippen molar-refractivity contribution in [2.45, 2.75) is 6.54 Å². The van der Waals surface area contributed by atoms with E-state index in [4.69, 9.17) is 28.3 Å². The van der Waals surface area contributed by atoms with E-state index in [0.29, 0.717) is 22.3 Å². The van der Waals surface area contributed by atoms with Gasteiger partial charge in [0.2, 0.25) is 0 Å². The Bertz CT molecular complexity index is 956. The van der Waals surface area contributed by atoms with Crippen molar-refractivity contribution in [2.24, 2.45) is 0 Å². The molecule has 0 saturated heterocycles. The second-order valence-corrected chi connectivity index (χ2v) is 6.53. The van der Waals surface area contributed by atoms with Crippen molar-refractivity contribution < 1.29 is 15.0 Å². The highest BCUT2D eigenvalue weighted by atomic mass is 35.5. The molecule has 3 aromatic carbocycles. The molecule has 0 unspecified atom stereocenters. The molecule has 0 aliphatic heterocycles. The van der Waals surface area contributed by atoms with Gasteiger partial charge in [-0.3, -0.25) is 0 Å². The van der Waals surface area contributed by atoms with Crippen LogP contribution in [0.4, 0.5) is 5.69 Å². The first-order valence-electron chi connectivity index (χ1n) is 7.78. The van der Waals surface area contributed by atoms with Gasteiger partial charge in [0.15, 0.2) is 0 Å². The van der Waals surface area contributed by atoms with Gasteiger partial charge in [-0.15, -0.1) is 0 Å². The molecule has 3 rings (SSSR count). The molecule has 0 aromatic heterocycles. The maximum Gasteiger partial charge on any atom is 0.339 e. The Hall–Kier alpha value is -2.69. The molecule has 0 amide bonds. The van der Waals surface area contributed by atoms with Crippen molar-refractivity contribution in [3.63, 3.8) is 0 Å². The Labute approximate surface area is 160 Å². The SMILES string of the molecule is O=C(O)c1ccc(NCc2ccc(-c3ccc(Cl)c(Cl)c3)cc2)cc1O. The summed E-state index contributed by atoms with van der Waals surface area (Å²) in [5.41, 5.74) is 3.56. The summed E-state index contributed by atoms with van der Waals surface area (Å²) < 4.78 is 0. The fourth-order valence-electron chi connectivity index (χ4n) is 2.52. The van der Waals surface area contributed by atoms with Gasteiger partial charge in [0.05, 0.1) is 10.0 Å². The zero-order chi connectivity index (χ0) is 18.7. The molecule has 6 heteroatoms. The average Bonchev–Trinajstić information content (AvgIpc) is 2.62. The van der Waals surface area contributed by atoms with Gasteiger partial charge in [-0.05, 0) is 41.0 Å².